The van der Waals surface area contributed by atoms with Crippen LogP contribution in [0.25, 0.3) is 11.0 Å². The Morgan fingerprint density at radius 2 is 0.806 bits per heavy atom. The molecule has 12 heteroatoms. The monoisotopic (exact) mass is 492 g/mol. The van der Waals surface area contributed by atoms with E-state index in [-0.39, 0.29) is 33.6 Å². The molecule has 0 bridgehead atoms. The van der Waals surface area contributed by atoms with Gasteiger partial charge in [-0.05, 0) is 48.5 Å². The van der Waals surface area contributed by atoms with Gasteiger partial charge in [0, 0.05) is 23.8 Å². The summed E-state index contributed by atoms with van der Waals surface area (Å²) in [5, 5.41) is 34.3. The number of para-hydroxylation sites is 2. The van der Waals surface area contributed by atoms with Gasteiger partial charge >= 0.3 is 23.9 Å². The summed E-state index contributed by atoms with van der Waals surface area (Å²) in [5.41, 5.74) is 12.3. The Morgan fingerprint density at radius 3 is 1.06 bits per heavy atom. The lowest BCUT2D eigenvalue weighted by Crippen LogP contribution is -2.03. The van der Waals surface area contributed by atoms with Crippen LogP contribution >= 0.6 is 0 Å². The molecule has 0 aliphatic heterocycles. The maximum Gasteiger partial charge on any atom is 0.335 e. The lowest BCUT2D eigenvalue weighted by Gasteiger charge is -1.99. The van der Waals surface area contributed by atoms with Crippen molar-refractivity contribution in [3.05, 3.63) is 95.3 Å². The summed E-state index contributed by atoms with van der Waals surface area (Å²) in [6.07, 6.45) is 3.39. The van der Waals surface area contributed by atoms with Crippen LogP contribution in [-0.4, -0.2) is 54.3 Å². The van der Waals surface area contributed by atoms with Crippen LogP contribution in [0.5, 0.6) is 0 Å². The first-order valence-electron chi connectivity index (χ1n) is 9.88. The van der Waals surface area contributed by atoms with Gasteiger partial charge in [-0.2, -0.15) is 0 Å². The number of nitrogens with zero attached hydrogens (tertiary/aromatic N) is 2. The van der Waals surface area contributed by atoms with Crippen molar-refractivity contribution in [3.8, 4) is 0 Å². The zero-order valence-corrected chi connectivity index (χ0v) is 18.4. The molecule has 0 atom stereocenters. The van der Waals surface area contributed by atoms with E-state index in [4.69, 9.17) is 31.9 Å². The van der Waals surface area contributed by atoms with E-state index in [0.29, 0.717) is 0 Å². The minimum Gasteiger partial charge on any atom is -0.478 e. The molecule has 12 nitrogen and oxygen atoms in total. The van der Waals surface area contributed by atoms with Crippen LogP contribution in [0.1, 0.15) is 41.4 Å². The van der Waals surface area contributed by atoms with Crippen LogP contribution in [0.3, 0.4) is 0 Å². The minimum atomic E-state index is -1.20. The van der Waals surface area contributed by atoms with Gasteiger partial charge in [0.1, 0.15) is 0 Å². The summed E-state index contributed by atoms with van der Waals surface area (Å²) >= 11 is 0. The van der Waals surface area contributed by atoms with E-state index < -0.39 is 23.9 Å². The van der Waals surface area contributed by atoms with Crippen molar-refractivity contribution >= 4 is 46.3 Å². The van der Waals surface area contributed by atoms with Crippen LogP contribution in [0, 0.1) is 0 Å². The van der Waals surface area contributed by atoms with E-state index in [2.05, 4.69) is 9.97 Å². The third-order valence-electron chi connectivity index (χ3n) is 4.27. The van der Waals surface area contributed by atoms with Crippen molar-refractivity contribution in [2.24, 2.45) is 0 Å². The van der Waals surface area contributed by atoms with Gasteiger partial charge in [-0.1, -0.05) is 12.1 Å². The summed E-state index contributed by atoms with van der Waals surface area (Å²) in [6, 6.07) is 14.7. The smallest absolute Gasteiger partial charge is 0.335 e. The molecular formula is C24H20N4O8. The number of carbonyl (C=O) groups is 4. The molecule has 0 saturated heterocycles. The highest BCUT2D eigenvalue weighted by atomic mass is 16.4. The number of benzene rings is 3. The number of carboxylic acid groups (broad SMARTS) is 4. The molecule has 0 radical (unpaired) electrons. The highest BCUT2D eigenvalue weighted by molar-refractivity contribution is 5.96. The Labute approximate surface area is 203 Å². The van der Waals surface area contributed by atoms with E-state index in [1.807, 2.05) is 24.3 Å². The molecule has 3 aromatic carbocycles. The molecule has 0 amide bonds. The van der Waals surface area contributed by atoms with Gasteiger partial charge < -0.3 is 31.9 Å². The molecule has 0 aliphatic rings. The van der Waals surface area contributed by atoms with E-state index in [1.54, 1.807) is 12.4 Å². The second kappa shape index (κ2) is 12.1. The minimum absolute atomic E-state index is 0.123. The quantitative estimate of drug-likeness (QED) is 0.226. The first kappa shape index (κ1) is 26.7. The first-order chi connectivity index (χ1) is 17.0. The summed E-state index contributed by atoms with van der Waals surface area (Å²) in [6.45, 7) is 0. The molecule has 4 rings (SSSR count). The van der Waals surface area contributed by atoms with Crippen LogP contribution in [0.2, 0.25) is 0 Å². The zero-order valence-electron chi connectivity index (χ0n) is 18.4. The number of nitrogens with two attached hydrogens (primary N) is 2. The van der Waals surface area contributed by atoms with E-state index >= 15 is 0 Å². The van der Waals surface area contributed by atoms with Crippen molar-refractivity contribution < 1.29 is 39.6 Å². The number of aromatic carboxylic acids is 4. The SMILES string of the molecule is Nc1cc(C(=O)O)cc(C(=O)O)c1.Nc1cc(C(=O)O)cc(C(=O)O)c1.c1ccc2nccnc2c1. The van der Waals surface area contributed by atoms with Gasteiger partial charge in [-0.25, -0.2) is 19.2 Å². The van der Waals surface area contributed by atoms with Crippen LogP contribution in [-0.2, 0) is 0 Å². The van der Waals surface area contributed by atoms with Gasteiger partial charge in [0.2, 0.25) is 0 Å². The number of aromatic nitrogens is 2. The maximum atomic E-state index is 10.5. The fraction of sp³-hybridized carbons (Fsp3) is 0. The van der Waals surface area contributed by atoms with Crippen LogP contribution in [0.4, 0.5) is 11.4 Å². The summed E-state index contributed by atoms with van der Waals surface area (Å²) in [5.74, 6) is -4.80. The topological polar surface area (TPSA) is 227 Å². The molecule has 8 N–H and O–H groups in total. The summed E-state index contributed by atoms with van der Waals surface area (Å²) in [7, 11) is 0. The Bertz CT molecular complexity index is 1240. The van der Waals surface area contributed by atoms with Crippen molar-refractivity contribution in [2.45, 2.75) is 0 Å². The number of nitrogen functional groups attached to an aromatic ring is 2. The number of rotatable bonds is 4. The average Bonchev–Trinajstić information content (AvgIpc) is 2.84. The second-order valence-corrected chi connectivity index (χ2v) is 6.95. The molecule has 0 saturated carbocycles. The van der Waals surface area contributed by atoms with Gasteiger partial charge in [-0.3, -0.25) is 9.97 Å². The number of hydrogen-bond donors (Lipinski definition) is 6. The summed E-state index contributed by atoms with van der Waals surface area (Å²) < 4.78 is 0. The fourth-order valence-electron chi connectivity index (χ4n) is 2.71. The number of carboxylic acids is 4. The molecule has 0 fully saturated rings. The molecule has 1 heterocycles. The standard InChI is InChI=1S/C8H6N2.2C8H7NO4/c1-2-4-8-7(3-1)9-5-6-10-8;2*9-6-2-4(7(10)11)1-5(3-6)8(12)13/h1-6H;2*1-3H,9H2,(H,10,11)(H,12,13). The highest BCUT2D eigenvalue weighted by Crippen LogP contribution is 2.13. The van der Waals surface area contributed by atoms with E-state index in [0.717, 1.165) is 23.2 Å². The largest absolute Gasteiger partial charge is 0.478 e. The number of anilines is 2. The van der Waals surface area contributed by atoms with Gasteiger partial charge in [0.25, 0.3) is 0 Å². The lowest BCUT2D eigenvalue weighted by atomic mass is 10.1. The molecule has 36 heavy (non-hydrogen) atoms. The molecule has 0 unspecified atom stereocenters. The van der Waals surface area contributed by atoms with Crippen LogP contribution in [0.15, 0.2) is 73.1 Å². The van der Waals surface area contributed by atoms with Gasteiger partial charge in [0.15, 0.2) is 0 Å². The Kier molecular flexibility index (Phi) is 8.97. The third kappa shape index (κ3) is 7.81. The zero-order chi connectivity index (χ0) is 26.8. The second-order valence-electron chi connectivity index (χ2n) is 6.95. The van der Waals surface area contributed by atoms with Crippen molar-refractivity contribution in [1.82, 2.24) is 9.97 Å². The Hall–Kier alpha value is -5.52. The van der Waals surface area contributed by atoms with Crippen LogP contribution < -0.4 is 11.5 Å². The highest BCUT2D eigenvalue weighted by Gasteiger charge is 2.10. The average molecular weight is 492 g/mol. The normalized spacial score (nSPS) is 9.67. The van der Waals surface area contributed by atoms with Gasteiger partial charge in [-0.15, -0.1) is 0 Å². The Balaban J connectivity index is 0.000000192. The molecule has 184 valence electrons. The molecule has 4 aromatic rings. The van der Waals surface area contributed by atoms with Crippen molar-refractivity contribution in [3.63, 3.8) is 0 Å². The third-order valence-corrected chi connectivity index (χ3v) is 4.27. The predicted octanol–water partition coefficient (Wildman–Crippen LogP) is 2.96. The predicted molar refractivity (Wildman–Crippen MR) is 129 cm³/mol. The Morgan fingerprint density at radius 1 is 0.528 bits per heavy atom. The van der Waals surface area contributed by atoms with Gasteiger partial charge in [0.05, 0.1) is 33.3 Å². The van der Waals surface area contributed by atoms with E-state index in [9.17, 15) is 19.2 Å². The lowest BCUT2D eigenvalue weighted by molar-refractivity contribution is 0.0676. The number of hydrogen-bond acceptors (Lipinski definition) is 8. The molecule has 0 aliphatic carbocycles. The molecule has 1 aromatic heterocycles. The molecule has 0 spiro atoms. The number of fused-ring (bicyclic) bond motifs is 1. The van der Waals surface area contributed by atoms with Crippen molar-refractivity contribution in [2.75, 3.05) is 11.5 Å². The summed E-state index contributed by atoms with van der Waals surface area (Å²) in [4.78, 5) is 50.2. The van der Waals surface area contributed by atoms with Crippen molar-refractivity contribution in [1.29, 1.82) is 0 Å². The van der Waals surface area contributed by atoms with E-state index in [1.165, 1.54) is 24.3 Å². The first-order valence-corrected chi connectivity index (χ1v) is 9.88. The maximum absolute atomic E-state index is 10.5. The fourth-order valence-corrected chi connectivity index (χ4v) is 2.71. The molecular weight excluding hydrogens is 472 g/mol.